The van der Waals surface area contributed by atoms with Crippen molar-refractivity contribution >= 4 is 33.2 Å². The van der Waals surface area contributed by atoms with Crippen molar-refractivity contribution in [1.82, 2.24) is 10.3 Å². The molecule has 1 amide bonds. The SMILES string of the molecule is CC(C)(C)C(=O)NCC(c1nc(CO)cs1)N(c1ccccc1)S(=O)(=O)O. The van der Waals surface area contributed by atoms with Gasteiger partial charge in [0.1, 0.15) is 11.0 Å². The molecule has 1 aromatic heterocycles. The standard InChI is InChI=1S/C17H23N3O5S2/c1-17(2,3)16(22)18-9-14(15-19-12(10-21)11-26-15)20(27(23,24)25)13-7-5-4-6-8-13/h4-8,11,14,21H,9-10H2,1-3H3,(H,18,22)(H,23,24,25). The molecule has 2 rings (SSSR count). The molecule has 0 saturated carbocycles. The van der Waals surface area contributed by atoms with Gasteiger partial charge < -0.3 is 10.4 Å². The molecule has 2 aromatic rings. The number of thiazole rings is 1. The van der Waals surface area contributed by atoms with Gasteiger partial charge in [0, 0.05) is 17.3 Å². The number of anilines is 1. The van der Waals surface area contributed by atoms with E-state index < -0.39 is 21.8 Å². The molecule has 0 fully saturated rings. The first-order valence-corrected chi connectivity index (χ1v) is 10.5. The average Bonchev–Trinajstić information content (AvgIpc) is 3.05. The Hall–Kier alpha value is -2.01. The van der Waals surface area contributed by atoms with Crippen LogP contribution < -0.4 is 9.62 Å². The number of carbonyl (C=O) groups excluding carboxylic acids is 1. The van der Waals surface area contributed by atoms with E-state index in [-0.39, 0.29) is 24.7 Å². The first kappa shape index (κ1) is 21.3. The maximum absolute atomic E-state index is 12.3. The molecule has 0 aliphatic rings. The van der Waals surface area contributed by atoms with Gasteiger partial charge in [0.05, 0.1) is 18.0 Å². The highest BCUT2D eigenvalue weighted by molar-refractivity contribution is 7.87. The Morgan fingerprint density at radius 2 is 1.93 bits per heavy atom. The summed E-state index contributed by atoms with van der Waals surface area (Å²) in [6.45, 7) is 4.82. The smallest absolute Gasteiger partial charge is 0.360 e. The van der Waals surface area contributed by atoms with E-state index in [1.165, 1.54) is 12.1 Å². The molecule has 1 heterocycles. The molecule has 0 aliphatic heterocycles. The minimum absolute atomic E-state index is 0.0941. The Morgan fingerprint density at radius 3 is 2.41 bits per heavy atom. The highest BCUT2D eigenvalue weighted by atomic mass is 32.2. The number of benzene rings is 1. The minimum Gasteiger partial charge on any atom is -0.390 e. The van der Waals surface area contributed by atoms with E-state index in [0.717, 1.165) is 15.6 Å². The molecule has 0 bridgehead atoms. The van der Waals surface area contributed by atoms with Gasteiger partial charge in [-0.05, 0) is 12.1 Å². The number of rotatable bonds is 7. The monoisotopic (exact) mass is 413 g/mol. The van der Waals surface area contributed by atoms with E-state index in [1.807, 2.05) is 0 Å². The van der Waals surface area contributed by atoms with Crippen LogP contribution in [0.3, 0.4) is 0 Å². The predicted octanol–water partition coefficient (Wildman–Crippen LogP) is 2.15. The van der Waals surface area contributed by atoms with Gasteiger partial charge in [0.2, 0.25) is 5.91 Å². The quantitative estimate of drug-likeness (QED) is 0.598. The van der Waals surface area contributed by atoms with Crippen molar-refractivity contribution in [3.05, 3.63) is 46.4 Å². The highest BCUT2D eigenvalue weighted by Gasteiger charge is 2.33. The maximum atomic E-state index is 12.3. The number of aliphatic hydroxyl groups excluding tert-OH is 1. The van der Waals surface area contributed by atoms with Gasteiger partial charge in [0.15, 0.2) is 0 Å². The molecule has 1 unspecified atom stereocenters. The number of nitrogens with one attached hydrogen (secondary N) is 1. The molecule has 0 aliphatic carbocycles. The summed E-state index contributed by atoms with van der Waals surface area (Å²) in [5.74, 6) is -0.269. The summed E-state index contributed by atoms with van der Waals surface area (Å²) in [5, 5.41) is 13.9. The van der Waals surface area contributed by atoms with Crippen molar-refractivity contribution in [3.8, 4) is 0 Å². The van der Waals surface area contributed by atoms with Gasteiger partial charge in [-0.25, -0.2) is 9.29 Å². The van der Waals surface area contributed by atoms with Crippen LogP contribution in [0.15, 0.2) is 35.7 Å². The van der Waals surface area contributed by atoms with Crippen molar-refractivity contribution in [2.45, 2.75) is 33.4 Å². The molecular formula is C17H23N3O5S2. The lowest BCUT2D eigenvalue weighted by molar-refractivity contribution is -0.128. The second-order valence-corrected chi connectivity index (χ2v) is 9.10. The van der Waals surface area contributed by atoms with Crippen LogP contribution >= 0.6 is 11.3 Å². The molecule has 27 heavy (non-hydrogen) atoms. The summed E-state index contributed by atoms with van der Waals surface area (Å²) >= 11 is 1.14. The molecule has 0 saturated heterocycles. The lowest BCUT2D eigenvalue weighted by Gasteiger charge is -2.30. The number of carbonyl (C=O) groups is 1. The topological polar surface area (TPSA) is 120 Å². The van der Waals surface area contributed by atoms with Crippen LogP contribution in [0.1, 0.15) is 37.5 Å². The van der Waals surface area contributed by atoms with Crippen molar-refractivity contribution < 1.29 is 22.9 Å². The third kappa shape index (κ3) is 5.48. The summed E-state index contributed by atoms with van der Waals surface area (Å²) < 4.78 is 35.0. The first-order valence-electron chi connectivity index (χ1n) is 8.19. The average molecular weight is 414 g/mol. The number of nitrogens with zero attached hydrogens (tertiary/aromatic N) is 2. The van der Waals surface area contributed by atoms with Crippen molar-refractivity contribution in [1.29, 1.82) is 0 Å². The summed E-state index contributed by atoms with van der Waals surface area (Å²) in [7, 11) is -4.66. The number of aliphatic hydroxyl groups is 1. The molecule has 10 heteroatoms. The lowest BCUT2D eigenvalue weighted by atomic mass is 9.95. The van der Waals surface area contributed by atoms with Crippen LogP contribution in [0.2, 0.25) is 0 Å². The molecule has 0 spiro atoms. The molecule has 3 N–H and O–H groups in total. The third-order valence-corrected chi connectivity index (χ3v) is 5.65. The van der Waals surface area contributed by atoms with Crippen LogP contribution in [-0.4, -0.2) is 35.5 Å². The molecule has 0 radical (unpaired) electrons. The van der Waals surface area contributed by atoms with Crippen molar-refractivity contribution in [3.63, 3.8) is 0 Å². The Labute approximate surface area is 162 Å². The Kier molecular flexibility index (Phi) is 6.58. The number of amides is 1. The van der Waals surface area contributed by atoms with Gasteiger partial charge in [-0.15, -0.1) is 11.3 Å². The molecular weight excluding hydrogens is 390 g/mol. The third-order valence-electron chi connectivity index (χ3n) is 3.70. The zero-order valence-electron chi connectivity index (χ0n) is 15.3. The van der Waals surface area contributed by atoms with Crippen LogP contribution in [0.4, 0.5) is 5.69 Å². The fourth-order valence-electron chi connectivity index (χ4n) is 2.32. The predicted molar refractivity (Wildman–Crippen MR) is 104 cm³/mol. The van der Waals surface area contributed by atoms with Gasteiger partial charge >= 0.3 is 10.3 Å². The normalized spacial score (nSPS) is 13.2. The van der Waals surface area contributed by atoms with E-state index in [0.29, 0.717) is 10.7 Å². The van der Waals surface area contributed by atoms with Crippen LogP contribution in [-0.2, 0) is 21.7 Å². The summed E-state index contributed by atoms with van der Waals surface area (Å²) in [5.41, 5.74) is -0.0550. The molecule has 8 nitrogen and oxygen atoms in total. The van der Waals surface area contributed by atoms with Gasteiger partial charge in [-0.1, -0.05) is 39.0 Å². The second kappa shape index (κ2) is 8.34. The molecule has 1 aromatic carbocycles. The second-order valence-electron chi connectivity index (χ2n) is 6.92. The Morgan fingerprint density at radius 1 is 1.30 bits per heavy atom. The van der Waals surface area contributed by atoms with Gasteiger partial charge in [-0.3, -0.25) is 9.35 Å². The van der Waals surface area contributed by atoms with E-state index >= 15 is 0 Å². The number of hydrogen-bond acceptors (Lipinski definition) is 6. The minimum atomic E-state index is -4.66. The zero-order valence-corrected chi connectivity index (χ0v) is 16.9. The van der Waals surface area contributed by atoms with Crippen LogP contribution in [0, 0.1) is 5.41 Å². The maximum Gasteiger partial charge on any atom is 0.360 e. The number of hydrogen-bond donors (Lipinski definition) is 3. The Bertz CT molecular complexity index is 875. The van der Waals surface area contributed by atoms with Crippen LogP contribution in [0.25, 0.3) is 0 Å². The highest BCUT2D eigenvalue weighted by Crippen LogP contribution is 2.31. The zero-order chi connectivity index (χ0) is 20.2. The van der Waals surface area contributed by atoms with E-state index in [2.05, 4.69) is 10.3 Å². The summed E-state index contributed by atoms with van der Waals surface area (Å²) in [6, 6.07) is 7.09. The largest absolute Gasteiger partial charge is 0.390 e. The molecule has 1 atom stereocenters. The van der Waals surface area contributed by atoms with E-state index in [9.17, 15) is 22.9 Å². The first-order chi connectivity index (χ1) is 12.5. The number of para-hydroxylation sites is 1. The Balaban J connectivity index is 2.47. The number of aromatic nitrogens is 1. The van der Waals surface area contributed by atoms with Gasteiger partial charge in [-0.2, -0.15) is 8.42 Å². The molecule has 148 valence electrons. The van der Waals surface area contributed by atoms with Crippen molar-refractivity contribution in [2.75, 3.05) is 10.8 Å². The van der Waals surface area contributed by atoms with Crippen molar-refractivity contribution in [2.24, 2.45) is 5.41 Å². The fraction of sp³-hybridized carbons (Fsp3) is 0.412. The lowest BCUT2D eigenvalue weighted by Crippen LogP contribution is -2.44. The fourth-order valence-corrected chi connectivity index (χ4v) is 4.17. The van der Waals surface area contributed by atoms with Gasteiger partial charge in [0.25, 0.3) is 0 Å². The van der Waals surface area contributed by atoms with E-state index in [4.69, 9.17) is 0 Å². The van der Waals surface area contributed by atoms with Crippen LogP contribution in [0.5, 0.6) is 0 Å². The summed E-state index contributed by atoms with van der Waals surface area (Å²) in [6.07, 6.45) is 0. The van der Waals surface area contributed by atoms with E-state index in [1.54, 1.807) is 44.4 Å². The summed E-state index contributed by atoms with van der Waals surface area (Å²) in [4.78, 5) is 16.5.